The van der Waals surface area contributed by atoms with Crippen molar-refractivity contribution < 1.29 is 4.79 Å². The molecule has 2 amide bonds. The van der Waals surface area contributed by atoms with Crippen molar-refractivity contribution in [2.45, 2.75) is 19.9 Å². The number of rotatable bonds is 3. The van der Waals surface area contributed by atoms with Crippen LogP contribution in [0, 0.1) is 5.92 Å². The summed E-state index contributed by atoms with van der Waals surface area (Å²) in [4.78, 5) is 12.7. The maximum atomic E-state index is 10.4. The molecule has 0 radical (unpaired) electrons. The van der Waals surface area contributed by atoms with E-state index in [0.29, 0.717) is 5.92 Å². The van der Waals surface area contributed by atoms with E-state index in [9.17, 15) is 4.79 Å². The topological polar surface area (TPSA) is 58.4 Å². The Morgan fingerprint density at radius 1 is 1.67 bits per heavy atom. The molecule has 0 aromatic heterocycles. The number of hydrogen-bond donors (Lipinski definition) is 2. The van der Waals surface area contributed by atoms with E-state index in [1.807, 2.05) is 0 Å². The molecule has 4 heteroatoms. The van der Waals surface area contributed by atoms with Crippen molar-refractivity contribution in [2.24, 2.45) is 11.7 Å². The minimum atomic E-state index is -0.413. The second-order valence-electron chi connectivity index (χ2n) is 3.82. The molecule has 1 aliphatic rings. The summed E-state index contributed by atoms with van der Waals surface area (Å²) in [5, 5.41) is 2.68. The monoisotopic (exact) mass is 171 g/mol. The van der Waals surface area contributed by atoms with Crippen LogP contribution in [0.25, 0.3) is 0 Å². The highest BCUT2D eigenvalue weighted by atomic mass is 16.2. The Labute approximate surface area is 73.1 Å². The lowest BCUT2D eigenvalue weighted by atomic mass is 10.1. The number of nitrogens with two attached hydrogens (primary N) is 1. The molecule has 70 valence electrons. The van der Waals surface area contributed by atoms with E-state index in [0.717, 1.165) is 19.6 Å². The summed E-state index contributed by atoms with van der Waals surface area (Å²) < 4.78 is 0. The van der Waals surface area contributed by atoms with Gasteiger partial charge in [0.05, 0.1) is 6.04 Å². The molecule has 0 spiro atoms. The fourth-order valence-electron chi connectivity index (χ4n) is 1.53. The summed E-state index contributed by atoms with van der Waals surface area (Å²) in [6.45, 7) is 7.38. The molecule has 0 aliphatic carbocycles. The molecule has 1 aliphatic heterocycles. The highest BCUT2D eigenvalue weighted by molar-refractivity contribution is 5.72. The second kappa shape index (κ2) is 3.76. The Kier molecular flexibility index (Phi) is 2.92. The average Bonchev–Trinajstić information content (AvgIpc) is 1.80. The van der Waals surface area contributed by atoms with Gasteiger partial charge in [0.1, 0.15) is 0 Å². The number of amides is 2. The number of hydrogen-bond acceptors (Lipinski definition) is 2. The van der Waals surface area contributed by atoms with Crippen LogP contribution in [0.1, 0.15) is 13.8 Å². The summed E-state index contributed by atoms with van der Waals surface area (Å²) in [5.74, 6) is 0.694. The smallest absolute Gasteiger partial charge is 0.312 e. The van der Waals surface area contributed by atoms with E-state index < -0.39 is 6.03 Å². The summed E-state index contributed by atoms with van der Waals surface area (Å²) in [6, 6.07) is -0.134. The van der Waals surface area contributed by atoms with Crippen molar-refractivity contribution in [1.82, 2.24) is 10.2 Å². The first-order chi connectivity index (χ1) is 5.58. The first-order valence-corrected chi connectivity index (χ1v) is 4.36. The fraction of sp³-hybridized carbons (Fsp3) is 0.875. The van der Waals surface area contributed by atoms with Gasteiger partial charge in [-0.15, -0.1) is 0 Å². The van der Waals surface area contributed by atoms with Crippen LogP contribution in [0.3, 0.4) is 0 Å². The fourth-order valence-corrected chi connectivity index (χ4v) is 1.53. The van der Waals surface area contributed by atoms with Crippen molar-refractivity contribution in [3.63, 3.8) is 0 Å². The van der Waals surface area contributed by atoms with Crippen molar-refractivity contribution >= 4 is 6.03 Å². The Bertz CT molecular complexity index is 164. The lowest BCUT2D eigenvalue weighted by Crippen LogP contribution is -2.60. The molecule has 1 saturated heterocycles. The standard InChI is InChI=1S/C8H17N3O/c1-6(2)3-11-4-7(5-11)10-8(9)12/h6-7H,3-5H2,1-2H3,(H3,9,10,12). The first kappa shape index (κ1) is 9.32. The quantitative estimate of drug-likeness (QED) is 0.627. The predicted molar refractivity (Wildman–Crippen MR) is 47.8 cm³/mol. The summed E-state index contributed by atoms with van der Waals surface area (Å²) in [5.41, 5.74) is 4.98. The molecule has 0 saturated carbocycles. The third-order valence-corrected chi connectivity index (χ3v) is 1.93. The Hall–Kier alpha value is -0.770. The van der Waals surface area contributed by atoms with Gasteiger partial charge in [0.15, 0.2) is 0 Å². The van der Waals surface area contributed by atoms with E-state index in [1.54, 1.807) is 0 Å². The van der Waals surface area contributed by atoms with Gasteiger partial charge in [-0.3, -0.25) is 4.90 Å². The maximum Gasteiger partial charge on any atom is 0.312 e. The minimum absolute atomic E-state index is 0.279. The number of urea groups is 1. The van der Waals surface area contributed by atoms with E-state index >= 15 is 0 Å². The molecule has 1 rings (SSSR count). The molecule has 0 aromatic rings. The SMILES string of the molecule is CC(C)CN1CC(NC(N)=O)C1. The van der Waals surface area contributed by atoms with Gasteiger partial charge in [0, 0.05) is 19.6 Å². The molecular weight excluding hydrogens is 154 g/mol. The van der Waals surface area contributed by atoms with Crippen LogP contribution >= 0.6 is 0 Å². The van der Waals surface area contributed by atoms with E-state index in [4.69, 9.17) is 5.73 Å². The number of likely N-dealkylation sites (tertiary alicyclic amines) is 1. The van der Waals surface area contributed by atoms with Gasteiger partial charge < -0.3 is 11.1 Å². The van der Waals surface area contributed by atoms with Crippen molar-refractivity contribution in [3.05, 3.63) is 0 Å². The van der Waals surface area contributed by atoms with Crippen LogP contribution in [0.15, 0.2) is 0 Å². The van der Waals surface area contributed by atoms with E-state index in [-0.39, 0.29) is 6.04 Å². The van der Waals surface area contributed by atoms with Crippen LogP contribution in [0.4, 0.5) is 4.79 Å². The van der Waals surface area contributed by atoms with Gasteiger partial charge in [-0.05, 0) is 5.92 Å². The lowest BCUT2D eigenvalue weighted by Gasteiger charge is -2.40. The highest BCUT2D eigenvalue weighted by Crippen LogP contribution is 2.09. The van der Waals surface area contributed by atoms with Crippen molar-refractivity contribution in [2.75, 3.05) is 19.6 Å². The van der Waals surface area contributed by atoms with Gasteiger partial charge in [0.25, 0.3) is 0 Å². The van der Waals surface area contributed by atoms with Crippen LogP contribution in [-0.2, 0) is 0 Å². The average molecular weight is 171 g/mol. The van der Waals surface area contributed by atoms with Gasteiger partial charge in [0.2, 0.25) is 0 Å². The molecule has 0 aromatic carbocycles. The van der Waals surface area contributed by atoms with Gasteiger partial charge in [-0.2, -0.15) is 0 Å². The van der Waals surface area contributed by atoms with Crippen LogP contribution < -0.4 is 11.1 Å². The zero-order chi connectivity index (χ0) is 9.14. The number of nitrogens with one attached hydrogen (secondary N) is 1. The molecule has 12 heavy (non-hydrogen) atoms. The molecule has 1 fully saturated rings. The lowest BCUT2D eigenvalue weighted by molar-refractivity contribution is 0.116. The van der Waals surface area contributed by atoms with Gasteiger partial charge in [-0.25, -0.2) is 4.79 Å². The molecule has 0 bridgehead atoms. The summed E-state index contributed by atoms with van der Waals surface area (Å²) in [7, 11) is 0. The largest absolute Gasteiger partial charge is 0.352 e. The Morgan fingerprint density at radius 2 is 2.25 bits per heavy atom. The Morgan fingerprint density at radius 3 is 2.67 bits per heavy atom. The minimum Gasteiger partial charge on any atom is -0.352 e. The number of carbonyl (C=O) groups excluding carboxylic acids is 1. The summed E-state index contributed by atoms with van der Waals surface area (Å²) >= 11 is 0. The third kappa shape index (κ3) is 2.70. The zero-order valence-electron chi connectivity index (χ0n) is 7.71. The summed E-state index contributed by atoms with van der Waals surface area (Å²) in [6.07, 6.45) is 0. The molecule has 3 N–H and O–H groups in total. The van der Waals surface area contributed by atoms with E-state index in [1.165, 1.54) is 0 Å². The number of nitrogens with zero attached hydrogens (tertiary/aromatic N) is 1. The third-order valence-electron chi connectivity index (χ3n) is 1.93. The van der Waals surface area contributed by atoms with Crippen LogP contribution in [0.5, 0.6) is 0 Å². The predicted octanol–water partition coefficient (Wildman–Crippen LogP) is -0.00510. The maximum absolute atomic E-state index is 10.4. The normalized spacial score (nSPS) is 19.2. The first-order valence-electron chi connectivity index (χ1n) is 4.36. The highest BCUT2D eigenvalue weighted by Gasteiger charge is 2.27. The van der Waals surface area contributed by atoms with Gasteiger partial charge >= 0.3 is 6.03 Å². The molecule has 4 nitrogen and oxygen atoms in total. The van der Waals surface area contributed by atoms with Gasteiger partial charge in [-0.1, -0.05) is 13.8 Å². The van der Waals surface area contributed by atoms with Crippen molar-refractivity contribution in [3.8, 4) is 0 Å². The number of carbonyl (C=O) groups is 1. The molecule has 0 unspecified atom stereocenters. The molecule has 0 atom stereocenters. The van der Waals surface area contributed by atoms with E-state index in [2.05, 4.69) is 24.1 Å². The van der Waals surface area contributed by atoms with Crippen LogP contribution in [-0.4, -0.2) is 36.6 Å². The molecular formula is C8H17N3O. The van der Waals surface area contributed by atoms with Crippen molar-refractivity contribution in [1.29, 1.82) is 0 Å². The Balaban J connectivity index is 2.08. The molecule has 1 heterocycles. The second-order valence-corrected chi connectivity index (χ2v) is 3.82. The number of primary amides is 1. The van der Waals surface area contributed by atoms with Crippen LogP contribution in [0.2, 0.25) is 0 Å². The zero-order valence-corrected chi connectivity index (χ0v) is 7.71.